The second-order valence-electron chi connectivity index (χ2n) is 9.19. The molecule has 0 radical (unpaired) electrons. The number of rotatable bonds is 4. The maximum absolute atomic E-state index is 12.7. The van der Waals surface area contributed by atoms with Crippen molar-refractivity contribution in [3.05, 3.63) is 35.2 Å². The molecule has 28 heavy (non-hydrogen) atoms. The first-order valence-electron chi connectivity index (χ1n) is 11.3. The van der Waals surface area contributed by atoms with E-state index in [9.17, 15) is 4.79 Å². The first-order valence-corrected chi connectivity index (χ1v) is 12.1. The van der Waals surface area contributed by atoms with E-state index >= 15 is 0 Å². The summed E-state index contributed by atoms with van der Waals surface area (Å²) in [5.74, 6) is 1.86. The first-order chi connectivity index (χ1) is 13.8. The van der Waals surface area contributed by atoms with Gasteiger partial charge in [0, 0.05) is 48.2 Å². The maximum Gasteiger partial charge on any atom is 0.222 e. The van der Waals surface area contributed by atoms with Gasteiger partial charge in [0.15, 0.2) is 0 Å². The molecule has 4 heteroatoms. The van der Waals surface area contributed by atoms with E-state index in [-0.39, 0.29) is 0 Å². The van der Waals surface area contributed by atoms with Crippen molar-refractivity contribution in [2.75, 3.05) is 19.6 Å². The summed E-state index contributed by atoms with van der Waals surface area (Å²) in [6, 6.07) is 11.6. The van der Waals surface area contributed by atoms with Gasteiger partial charge in [-0.15, -0.1) is 11.3 Å². The minimum absolute atomic E-state index is 0.435. The van der Waals surface area contributed by atoms with Crippen molar-refractivity contribution in [3.8, 4) is 0 Å². The lowest BCUT2D eigenvalue weighted by atomic mass is 9.81. The number of carbonyl (C=O) groups is 1. The highest BCUT2D eigenvalue weighted by molar-refractivity contribution is 7.19. The summed E-state index contributed by atoms with van der Waals surface area (Å²) in [6.07, 6.45) is 9.81. The number of thiophene rings is 1. The normalized spacial score (nSPS) is 27.3. The SMILES string of the molecule is O=C1CC[C@@H]2CN(Cc3cc4ccccc4s3)CC[C@@H]2N1CC1CCCCC1. The molecule has 0 unspecified atom stereocenters. The number of hydrogen-bond donors (Lipinski definition) is 0. The highest BCUT2D eigenvalue weighted by Gasteiger charge is 2.40. The molecule has 2 saturated heterocycles. The predicted molar refractivity (Wildman–Crippen MR) is 117 cm³/mol. The average molecular weight is 397 g/mol. The van der Waals surface area contributed by atoms with Gasteiger partial charge in [-0.05, 0) is 55.0 Å². The highest BCUT2D eigenvalue weighted by Crippen LogP contribution is 2.35. The fourth-order valence-electron chi connectivity index (χ4n) is 5.79. The third kappa shape index (κ3) is 3.86. The van der Waals surface area contributed by atoms with E-state index in [1.807, 2.05) is 11.3 Å². The van der Waals surface area contributed by atoms with Crippen LogP contribution in [0.15, 0.2) is 30.3 Å². The second kappa shape index (κ2) is 8.16. The molecule has 3 aliphatic rings. The molecule has 3 heterocycles. The number of fused-ring (bicyclic) bond motifs is 2. The van der Waals surface area contributed by atoms with E-state index in [1.54, 1.807) is 0 Å². The van der Waals surface area contributed by atoms with Crippen LogP contribution in [0.3, 0.4) is 0 Å². The monoisotopic (exact) mass is 396 g/mol. The van der Waals surface area contributed by atoms with Gasteiger partial charge >= 0.3 is 0 Å². The molecule has 1 amide bonds. The van der Waals surface area contributed by atoms with Gasteiger partial charge in [0.2, 0.25) is 5.91 Å². The van der Waals surface area contributed by atoms with Crippen LogP contribution in [0, 0.1) is 11.8 Å². The van der Waals surface area contributed by atoms with Crippen molar-refractivity contribution >= 4 is 27.3 Å². The lowest BCUT2D eigenvalue weighted by Gasteiger charge is -2.48. The lowest BCUT2D eigenvalue weighted by molar-refractivity contribution is -0.142. The molecule has 2 atom stereocenters. The van der Waals surface area contributed by atoms with Gasteiger partial charge in [0.1, 0.15) is 0 Å². The van der Waals surface area contributed by atoms with E-state index in [2.05, 4.69) is 40.1 Å². The highest BCUT2D eigenvalue weighted by atomic mass is 32.1. The molecular weight excluding hydrogens is 364 g/mol. The minimum Gasteiger partial charge on any atom is -0.339 e. The number of benzene rings is 1. The Morgan fingerprint density at radius 2 is 1.89 bits per heavy atom. The Morgan fingerprint density at radius 3 is 2.75 bits per heavy atom. The Bertz CT molecular complexity index is 792. The summed E-state index contributed by atoms with van der Waals surface area (Å²) in [5.41, 5.74) is 0. The maximum atomic E-state index is 12.7. The van der Waals surface area contributed by atoms with E-state index in [1.165, 1.54) is 47.1 Å². The lowest BCUT2D eigenvalue weighted by Crippen LogP contribution is -2.56. The molecule has 1 aliphatic carbocycles. The van der Waals surface area contributed by atoms with Crippen molar-refractivity contribution in [1.29, 1.82) is 0 Å². The molecule has 0 bridgehead atoms. The predicted octanol–water partition coefficient (Wildman–Crippen LogP) is 5.29. The van der Waals surface area contributed by atoms with E-state index in [4.69, 9.17) is 0 Å². The topological polar surface area (TPSA) is 23.6 Å². The molecular formula is C24H32N2OS. The molecule has 1 aromatic carbocycles. The zero-order valence-electron chi connectivity index (χ0n) is 16.8. The fourth-order valence-corrected chi connectivity index (χ4v) is 6.90. The van der Waals surface area contributed by atoms with Crippen LogP contribution < -0.4 is 0 Å². The van der Waals surface area contributed by atoms with E-state index < -0.39 is 0 Å². The number of amides is 1. The summed E-state index contributed by atoms with van der Waals surface area (Å²) in [7, 11) is 0. The van der Waals surface area contributed by atoms with Gasteiger partial charge in [-0.2, -0.15) is 0 Å². The van der Waals surface area contributed by atoms with Crippen LogP contribution in [0.25, 0.3) is 10.1 Å². The molecule has 0 N–H and O–H groups in total. The van der Waals surface area contributed by atoms with Crippen LogP contribution in [-0.2, 0) is 11.3 Å². The average Bonchev–Trinajstić information content (AvgIpc) is 3.13. The van der Waals surface area contributed by atoms with E-state index in [0.717, 1.165) is 51.4 Å². The van der Waals surface area contributed by atoms with Crippen LogP contribution in [0.2, 0.25) is 0 Å². The molecule has 3 fully saturated rings. The molecule has 150 valence electrons. The Hall–Kier alpha value is -1.39. The number of hydrogen-bond acceptors (Lipinski definition) is 3. The third-order valence-corrected chi connectivity index (χ3v) is 8.36. The van der Waals surface area contributed by atoms with Crippen LogP contribution in [0.5, 0.6) is 0 Å². The van der Waals surface area contributed by atoms with Gasteiger partial charge in [-0.25, -0.2) is 0 Å². The van der Waals surface area contributed by atoms with Crippen molar-refractivity contribution in [2.45, 2.75) is 64.0 Å². The number of carbonyl (C=O) groups excluding carboxylic acids is 1. The second-order valence-corrected chi connectivity index (χ2v) is 10.4. The molecule has 2 aliphatic heterocycles. The Morgan fingerprint density at radius 1 is 1.04 bits per heavy atom. The standard InChI is InChI=1S/C24H32N2OS/c27-24-11-10-20-16-25(17-21-14-19-8-4-5-9-23(19)28-21)13-12-22(20)26(24)15-18-6-2-1-3-7-18/h4-5,8-9,14,18,20,22H,1-3,6-7,10-13,15-17H2/t20-,22+/m1/s1. The van der Waals surface area contributed by atoms with Gasteiger partial charge in [0.05, 0.1) is 0 Å². The van der Waals surface area contributed by atoms with Crippen molar-refractivity contribution < 1.29 is 4.79 Å². The zero-order valence-corrected chi connectivity index (χ0v) is 17.6. The summed E-state index contributed by atoms with van der Waals surface area (Å²) in [4.78, 5) is 19.1. The van der Waals surface area contributed by atoms with Gasteiger partial charge < -0.3 is 4.90 Å². The number of nitrogens with zero attached hydrogens (tertiary/aromatic N) is 2. The smallest absolute Gasteiger partial charge is 0.222 e. The molecule has 5 rings (SSSR count). The molecule has 0 spiro atoms. The van der Waals surface area contributed by atoms with Gasteiger partial charge in [0.25, 0.3) is 0 Å². The summed E-state index contributed by atoms with van der Waals surface area (Å²) >= 11 is 1.94. The number of piperidine rings is 2. The fraction of sp³-hybridized carbons (Fsp3) is 0.625. The summed E-state index contributed by atoms with van der Waals surface area (Å²) < 4.78 is 1.40. The summed E-state index contributed by atoms with van der Waals surface area (Å²) in [5, 5.41) is 1.37. The van der Waals surface area contributed by atoms with Crippen LogP contribution >= 0.6 is 11.3 Å². The number of likely N-dealkylation sites (tertiary alicyclic amines) is 2. The van der Waals surface area contributed by atoms with Crippen molar-refractivity contribution in [2.24, 2.45) is 11.8 Å². The van der Waals surface area contributed by atoms with Crippen LogP contribution in [0.4, 0.5) is 0 Å². The first kappa shape index (κ1) is 18.6. The minimum atomic E-state index is 0.435. The molecule has 1 aromatic heterocycles. The zero-order chi connectivity index (χ0) is 18.9. The van der Waals surface area contributed by atoms with Crippen molar-refractivity contribution in [3.63, 3.8) is 0 Å². The van der Waals surface area contributed by atoms with E-state index in [0.29, 0.717) is 17.9 Å². The largest absolute Gasteiger partial charge is 0.339 e. The third-order valence-electron chi connectivity index (χ3n) is 7.26. The summed E-state index contributed by atoms with van der Waals surface area (Å²) in [6.45, 7) is 4.40. The van der Waals surface area contributed by atoms with Gasteiger partial charge in [-0.3, -0.25) is 9.69 Å². The van der Waals surface area contributed by atoms with Crippen LogP contribution in [-0.4, -0.2) is 41.4 Å². The van der Waals surface area contributed by atoms with Crippen molar-refractivity contribution in [1.82, 2.24) is 9.80 Å². The van der Waals surface area contributed by atoms with Crippen LogP contribution in [0.1, 0.15) is 56.2 Å². The quantitative estimate of drug-likeness (QED) is 0.701. The Balaban J connectivity index is 1.23. The molecule has 3 nitrogen and oxygen atoms in total. The Kier molecular flexibility index (Phi) is 5.43. The molecule has 1 saturated carbocycles. The molecule has 2 aromatic rings. The van der Waals surface area contributed by atoms with Gasteiger partial charge in [-0.1, -0.05) is 37.5 Å². The Labute approximate surface area is 172 Å².